The van der Waals surface area contributed by atoms with Gasteiger partial charge in [0.2, 0.25) is 0 Å². The monoisotopic (exact) mass is 370 g/mol. The van der Waals surface area contributed by atoms with Gasteiger partial charge in [0.15, 0.2) is 5.82 Å². The van der Waals surface area contributed by atoms with Crippen LogP contribution in [0.25, 0.3) is 10.8 Å². The Bertz CT molecular complexity index is 579. The molecule has 0 bridgehead atoms. The summed E-state index contributed by atoms with van der Waals surface area (Å²) in [4.78, 5) is 8.11. The predicted octanol–water partition coefficient (Wildman–Crippen LogP) is 3.31. The third-order valence-corrected chi connectivity index (χ3v) is 5.29. The van der Waals surface area contributed by atoms with Gasteiger partial charge < -0.3 is 9.84 Å². The van der Waals surface area contributed by atoms with Crippen molar-refractivity contribution < 1.29 is 4.52 Å². The molecule has 1 atom stereocenters. The Morgan fingerprint density at radius 1 is 1.43 bits per heavy atom. The van der Waals surface area contributed by atoms with E-state index in [2.05, 4.69) is 43.2 Å². The van der Waals surface area contributed by atoms with Crippen molar-refractivity contribution in [2.45, 2.75) is 25.8 Å². The first kappa shape index (κ1) is 15.1. The van der Waals surface area contributed by atoms with Crippen molar-refractivity contribution in [3.05, 3.63) is 21.7 Å². The lowest BCUT2D eigenvalue weighted by Crippen LogP contribution is -2.45. The predicted molar refractivity (Wildman–Crippen MR) is 87.4 cm³/mol. The molecule has 0 saturated carbocycles. The molecule has 21 heavy (non-hydrogen) atoms. The number of halogens is 1. The van der Waals surface area contributed by atoms with Crippen LogP contribution in [0, 0.1) is 0 Å². The summed E-state index contributed by atoms with van der Waals surface area (Å²) in [6, 6.07) is 4.27. The molecule has 0 aliphatic carbocycles. The minimum Gasteiger partial charge on any atom is -0.333 e. The molecule has 114 valence electrons. The summed E-state index contributed by atoms with van der Waals surface area (Å²) in [5.41, 5.74) is 0. The highest BCUT2D eigenvalue weighted by atomic mass is 79.9. The van der Waals surface area contributed by atoms with Gasteiger partial charge in [-0.15, -0.1) is 11.3 Å². The number of hydrogen-bond acceptors (Lipinski definition) is 6. The van der Waals surface area contributed by atoms with Gasteiger partial charge in [-0.3, -0.25) is 4.90 Å². The zero-order valence-corrected chi connectivity index (χ0v) is 14.4. The first-order chi connectivity index (χ1) is 10.3. The highest BCUT2D eigenvalue weighted by Crippen LogP contribution is 2.32. The number of piperazine rings is 1. The standard InChI is InChI=1S/C14H19BrN4OS/c1-2-3-10(19-8-6-16-7-9-19)13-17-14(20-18-13)11-4-5-12(15)21-11/h4-5,10,16H,2-3,6-9H2,1H3. The van der Waals surface area contributed by atoms with E-state index in [9.17, 15) is 0 Å². The smallest absolute Gasteiger partial charge is 0.268 e. The number of nitrogens with one attached hydrogen (secondary N) is 1. The Morgan fingerprint density at radius 3 is 2.90 bits per heavy atom. The van der Waals surface area contributed by atoms with Gasteiger partial charge >= 0.3 is 0 Å². The van der Waals surface area contributed by atoms with Crippen LogP contribution in [0.3, 0.4) is 0 Å². The summed E-state index contributed by atoms with van der Waals surface area (Å²) in [5, 5.41) is 7.63. The molecule has 1 aliphatic heterocycles. The van der Waals surface area contributed by atoms with Crippen LogP contribution < -0.4 is 5.32 Å². The highest BCUT2D eigenvalue weighted by molar-refractivity contribution is 9.11. The Morgan fingerprint density at radius 2 is 2.24 bits per heavy atom. The fraction of sp³-hybridized carbons (Fsp3) is 0.571. The average Bonchev–Trinajstić information content (AvgIpc) is 3.14. The molecule has 2 aromatic rings. The summed E-state index contributed by atoms with van der Waals surface area (Å²) in [5.74, 6) is 1.44. The van der Waals surface area contributed by atoms with E-state index in [4.69, 9.17) is 4.52 Å². The molecule has 3 rings (SSSR count). The fourth-order valence-corrected chi connectivity index (χ4v) is 3.95. The van der Waals surface area contributed by atoms with Crippen molar-refractivity contribution in [2.75, 3.05) is 26.2 Å². The molecule has 0 amide bonds. The lowest BCUT2D eigenvalue weighted by atomic mass is 10.1. The topological polar surface area (TPSA) is 54.2 Å². The van der Waals surface area contributed by atoms with Gasteiger partial charge in [-0.2, -0.15) is 4.98 Å². The third kappa shape index (κ3) is 3.53. The number of aromatic nitrogens is 2. The Hall–Kier alpha value is -0.760. The summed E-state index contributed by atoms with van der Waals surface area (Å²) in [6.07, 6.45) is 2.18. The first-order valence-electron chi connectivity index (χ1n) is 7.32. The molecule has 3 heterocycles. The van der Waals surface area contributed by atoms with Gasteiger partial charge in [0.25, 0.3) is 5.89 Å². The number of rotatable bonds is 5. The van der Waals surface area contributed by atoms with Gasteiger partial charge in [-0.05, 0) is 34.5 Å². The van der Waals surface area contributed by atoms with E-state index in [0.29, 0.717) is 5.89 Å². The summed E-state index contributed by atoms with van der Waals surface area (Å²) < 4.78 is 6.54. The van der Waals surface area contributed by atoms with Crippen molar-refractivity contribution in [3.8, 4) is 10.8 Å². The maximum atomic E-state index is 5.47. The van der Waals surface area contributed by atoms with E-state index in [0.717, 1.165) is 53.5 Å². The quantitative estimate of drug-likeness (QED) is 0.874. The van der Waals surface area contributed by atoms with Crippen LogP contribution in [0.1, 0.15) is 31.6 Å². The molecular formula is C14H19BrN4OS. The van der Waals surface area contributed by atoms with Gasteiger partial charge in [0, 0.05) is 26.2 Å². The molecule has 1 saturated heterocycles. The molecule has 7 heteroatoms. The van der Waals surface area contributed by atoms with Crippen LogP contribution in [0.5, 0.6) is 0 Å². The number of nitrogens with zero attached hydrogens (tertiary/aromatic N) is 3. The second-order valence-corrected chi connectivity index (χ2v) is 7.61. The molecule has 1 N–H and O–H groups in total. The highest BCUT2D eigenvalue weighted by Gasteiger charge is 2.26. The largest absolute Gasteiger partial charge is 0.333 e. The molecule has 0 spiro atoms. The number of hydrogen-bond donors (Lipinski definition) is 1. The van der Waals surface area contributed by atoms with Crippen LogP contribution in [0.2, 0.25) is 0 Å². The zero-order chi connectivity index (χ0) is 14.7. The summed E-state index contributed by atoms with van der Waals surface area (Å²) in [6.45, 7) is 6.34. The lowest BCUT2D eigenvalue weighted by molar-refractivity contribution is 0.155. The van der Waals surface area contributed by atoms with Crippen LogP contribution in [0.15, 0.2) is 20.4 Å². The van der Waals surface area contributed by atoms with Gasteiger partial charge in [0.05, 0.1) is 14.7 Å². The van der Waals surface area contributed by atoms with Crippen molar-refractivity contribution in [1.29, 1.82) is 0 Å². The second-order valence-electron chi connectivity index (χ2n) is 5.15. The van der Waals surface area contributed by atoms with Gasteiger partial charge in [-0.25, -0.2) is 0 Å². The molecule has 1 unspecified atom stereocenters. The fourth-order valence-electron chi connectivity index (χ4n) is 2.64. The van der Waals surface area contributed by atoms with Crippen molar-refractivity contribution in [1.82, 2.24) is 20.4 Å². The van der Waals surface area contributed by atoms with E-state index in [-0.39, 0.29) is 6.04 Å². The normalized spacial score (nSPS) is 18.0. The van der Waals surface area contributed by atoms with Crippen molar-refractivity contribution >= 4 is 27.3 Å². The minimum absolute atomic E-state index is 0.262. The van der Waals surface area contributed by atoms with Crippen molar-refractivity contribution in [3.63, 3.8) is 0 Å². The van der Waals surface area contributed by atoms with Crippen LogP contribution in [-0.2, 0) is 0 Å². The Labute approximate surface area is 136 Å². The SMILES string of the molecule is CCCC(c1noc(-c2ccc(Br)s2)n1)N1CCNCC1. The molecular weight excluding hydrogens is 352 g/mol. The van der Waals surface area contributed by atoms with E-state index >= 15 is 0 Å². The molecule has 0 aromatic carbocycles. The first-order valence-corrected chi connectivity index (χ1v) is 8.93. The number of thiophene rings is 1. The lowest BCUT2D eigenvalue weighted by Gasteiger charge is -2.33. The van der Waals surface area contributed by atoms with E-state index < -0.39 is 0 Å². The third-order valence-electron chi connectivity index (χ3n) is 3.68. The molecule has 2 aromatic heterocycles. The maximum absolute atomic E-state index is 5.47. The Balaban J connectivity index is 1.81. The molecule has 5 nitrogen and oxygen atoms in total. The summed E-state index contributed by atoms with van der Waals surface area (Å²) >= 11 is 5.08. The molecule has 1 fully saturated rings. The van der Waals surface area contributed by atoms with E-state index in [1.807, 2.05) is 12.1 Å². The van der Waals surface area contributed by atoms with Crippen molar-refractivity contribution in [2.24, 2.45) is 0 Å². The molecule has 1 aliphatic rings. The van der Waals surface area contributed by atoms with Gasteiger partial charge in [0.1, 0.15) is 0 Å². The second kappa shape index (κ2) is 7.00. The minimum atomic E-state index is 0.262. The van der Waals surface area contributed by atoms with Crippen LogP contribution >= 0.6 is 27.3 Å². The van der Waals surface area contributed by atoms with E-state index in [1.54, 1.807) is 11.3 Å². The van der Waals surface area contributed by atoms with Crippen LogP contribution in [0.4, 0.5) is 0 Å². The summed E-state index contributed by atoms with van der Waals surface area (Å²) in [7, 11) is 0. The molecule has 0 radical (unpaired) electrons. The Kier molecular flexibility index (Phi) is 5.05. The van der Waals surface area contributed by atoms with Crippen LogP contribution in [-0.4, -0.2) is 41.2 Å². The maximum Gasteiger partial charge on any atom is 0.268 e. The van der Waals surface area contributed by atoms with Gasteiger partial charge in [-0.1, -0.05) is 18.5 Å². The van der Waals surface area contributed by atoms with E-state index in [1.165, 1.54) is 0 Å². The zero-order valence-electron chi connectivity index (χ0n) is 12.0. The average molecular weight is 371 g/mol.